The first-order chi connectivity index (χ1) is 4.54. The first-order valence-electron chi connectivity index (χ1n) is 3.38. The zero-order chi connectivity index (χ0) is 8.20. The van der Waals surface area contributed by atoms with Gasteiger partial charge in [-0.05, 0) is 19.8 Å². The molecule has 1 amide bonds. The minimum Gasteiger partial charge on any atom is -0.443 e. The summed E-state index contributed by atoms with van der Waals surface area (Å²) < 4.78 is 4.76. The van der Waals surface area contributed by atoms with E-state index in [0.717, 1.165) is 0 Å². The van der Waals surface area contributed by atoms with Crippen LogP contribution in [0.5, 0.6) is 0 Å². The summed E-state index contributed by atoms with van der Waals surface area (Å²) in [6.45, 7) is 7.53. The van der Waals surface area contributed by atoms with E-state index in [9.17, 15) is 4.79 Å². The first-order valence-corrected chi connectivity index (χ1v) is 3.38. The van der Waals surface area contributed by atoms with Crippen LogP contribution in [0.1, 0.15) is 26.7 Å². The van der Waals surface area contributed by atoms with Gasteiger partial charge in [0.25, 0.3) is 0 Å². The van der Waals surface area contributed by atoms with E-state index < -0.39 is 11.7 Å². The Hall–Kier alpha value is -0.730. The maximum Gasteiger partial charge on any atom is 0.405 e. The van der Waals surface area contributed by atoms with E-state index >= 15 is 0 Å². The van der Waals surface area contributed by atoms with Gasteiger partial charge in [-0.2, -0.15) is 0 Å². The molecule has 0 aromatic heterocycles. The van der Waals surface area contributed by atoms with Gasteiger partial charge in [-0.25, -0.2) is 4.79 Å². The Morgan fingerprint density at radius 1 is 1.60 bits per heavy atom. The van der Waals surface area contributed by atoms with Gasteiger partial charge in [0.2, 0.25) is 0 Å². The van der Waals surface area contributed by atoms with Gasteiger partial charge in [0, 0.05) is 0 Å². The minimum atomic E-state index is -0.751. The maximum atomic E-state index is 10.3. The Bertz CT molecular complexity index is 119. The lowest BCUT2D eigenvalue weighted by Crippen LogP contribution is -2.33. The maximum absolute atomic E-state index is 10.3. The molecule has 59 valence electrons. The molecule has 3 heteroatoms. The van der Waals surface area contributed by atoms with Crippen LogP contribution in [0.3, 0.4) is 0 Å². The Balaban J connectivity index is 3.92. The zero-order valence-corrected chi connectivity index (χ0v) is 6.52. The van der Waals surface area contributed by atoms with Gasteiger partial charge in [0.05, 0.1) is 0 Å². The van der Waals surface area contributed by atoms with Crippen molar-refractivity contribution < 1.29 is 9.53 Å². The van der Waals surface area contributed by atoms with Crippen LogP contribution in [0.15, 0.2) is 0 Å². The highest BCUT2D eigenvalue weighted by atomic mass is 16.6. The summed E-state index contributed by atoms with van der Waals surface area (Å²) in [5, 5.41) is 0. The third kappa shape index (κ3) is 2.71. The minimum absolute atomic E-state index is 0.619. The van der Waals surface area contributed by atoms with Gasteiger partial charge < -0.3 is 10.5 Å². The van der Waals surface area contributed by atoms with Crippen molar-refractivity contribution in [1.29, 1.82) is 0 Å². The van der Waals surface area contributed by atoms with Crippen LogP contribution >= 0.6 is 0 Å². The highest BCUT2D eigenvalue weighted by Crippen LogP contribution is 2.17. The van der Waals surface area contributed by atoms with Gasteiger partial charge in [-0.15, -0.1) is 0 Å². The molecule has 0 heterocycles. The molecule has 2 N–H and O–H groups in total. The molecule has 0 fully saturated rings. The van der Waals surface area contributed by atoms with Crippen molar-refractivity contribution in [2.45, 2.75) is 32.3 Å². The van der Waals surface area contributed by atoms with Crippen molar-refractivity contribution in [3.05, 3.63) is 6.92 Å². The number of nitrogens with two attached hydrogens (primary N) is 1. The average Bonchev–Trinajstić information content (AvgIpc) is 1.87. The Morgan fingerprint density at radius 2 is 2.00 bits per heavy atom. The van der Waals surface area contributed by atoms with Gasteiger partial charge in [-0.3, -0.25) is 0 Å². The van der Waals surface area contributed by atoms with Gasteiger partial charge in [0.1, 0.15) is 5.60 Å². The molecule has 0 spiro atoms. The fraction of sp³-hybridized carbons (Fsp3) is 0.714. The van der Waals surface area contributed by atoms with Crippen molar-refractivity contribution in [1.82, 2.24) is 0 Å². The molecule has 0 saturated heterocycles. The lowest BCUT2D eigenvalue weighted by Gasteiger charge is -2.25. The second kappa shape index (κ2) is 3.44. The van der Waals surface area contributed by atoms with Gasteiger partial charge in [0.15, 0.2) is 0 Å². The summed E-state index contributed by atoms with van der Waals surface area (Å²) in [4.78, 5) is 10.3. The van der Waals surface area contributed by atoms with Crippen LogP contribution in [-0.4, -0.2) is 11.7 Å². The monoisotopic (exact) mass is 144 g/mol. The Kier molecular flexibility index (Phi) is 3.19. The van der Waals surface area contributed by atoms with E-state index in [1.54, 1.807) is 0 Å². The number of ether oxygens (including phenoxy) is 1. The molecule has 0 aromatic rings. The number of hydrogen-bond acceptors (Lipinski definition) is 2. The van der Waals surface area contributed by atoms with Crippen LogP contribution in [0.4, 0.5) is 4.79 Å². The molecule has 0 aromatic carbocycles. The second-order valence-corrected chi connectivity index (χ2v) is 2.31. The Morgan fingerprint density at radius 3 is 2.10 bits per heavy atom. The van der Waals surface area contributed by atoms with Gasteiger partial charge in [-0.1, -0.05) is 13.8 Å². The molecule has 0 unspecified atom stereocenters. The molecule has 0 bridgehead atoms. The topological polar surface area (TPSA) is 52.3 Å². The molecule has 0 atom stereocenters. The predicted octanol–water partition coefficient (Wildman–Crippen LogP) is 1.47. The smallest absolute Gasteiger partial charge is 0.405 e. The van der Waals surface area contributed by atoms with Crippen LogP contribution in [0.2, 0.25) is 0 Å². The fourth-order valence-corrected chi connectivity index (χ4v) is 0.608. The number of rotatable bonds is 3. The third-order valence-electron chi connectivity index (χ3n) is 1.61. The number of hydrogen-bond donors (Lipinski definition) is 1. The van der Waals surface area contributed by atoms with Crippen molar-refractivity contribution >= 4 is 6.09 Å². The van der Waals surface area contributed by atoms with E-state index in [2.05, 4.69) is 6.92 Å². The lowest BCUT2D eigenvalue weighted by molar-refractivity contribution is 0.0456. The largest absolute Gasteiger partial charge is 0.443 e. The average molecular weight is 144 g/mol. The fourth-order valence-electron chi connectivity index (χ4n) is 0.608. The molecule has 0 aliphatic rings. The molecular formula is C7H14NO2. The summed E-state index contributed by atoms with van der Waals surface area (Å²) in [6, 6.07) is 0. The van der Waals surface area contributed by atoms with E-state index in [1.165, 1.54) is 0 Å². The molecular weight excluding hydrogens is 130 g/mol. The van der Waals surface area contributed by atoms with Gasteiger partial charge >= 0.3 is 6.09 Å². The molecule has 0 aliphatic carbocycles. The highest BCUT2D eigenvalue weighted by molar-refractivity contribution is 5.65. The zero-order valence-electron chi connectivity index (χ0n) is 6.52. The number of primary amides is 1. The second-order valence-electron chi connectivity index (χ2n) is 2.31. The summed E-state index contributed by atoms with van der Waals surface area (Å²) in [5.41, 5.74) is 4.21. The lowest BCUT2D eigenvalue weighted by atomic mass is 10.0. The number of carbonyl (C=O) groups excluding carboxylic acids is 1. The van der Waals surface area contributed by atoms with Crippen LogP contribution < -0.4 is 5.73 Å². The highest BCUT2D eigenvalue weighted by Gasteiger charge is 2.22. The number of carbonyl (C=O) groups is 1. The molecule has 1 radical (unpaired) electrons. The molecule has 0 saturated carbocycles. The van der Waals surface area contributed by atoms with Crippen molar-refractivity contribution in [3.8, 4) is 0 Å². The third-order valence-corrected chi connectivity index (χ3v) is 1.61. The van der Waals surface area contributed by atoms with E-state index in [1.807, 2.05) is 13.8 Å². The molecule has 3 nitrogen and oxygen atoms in total. The quantitative estimate of drug-likeness (QED) is 0.652. The summed E-state index contributed by atoms with van der Waals surface area (Å²) in [7, 11) is 0. The van der Waals surface area contributed by atoms with Crippen molar-refractivity contribution in [2.24, 2.45) is 5.73 Å². The van der Waals surface area contributed by atoms with Crippen LogP contribution in [0, 0.1) is 6.92 Å². The van der Waals surface area contributed by atoms with Crippen LogP contribution in [0.25, 0.3) is 0 Å². The normalized spacial score (nSPS) is 11.1. The predicted molar refractivity (Wildman–Crippen MR) is 39.3 cm³/mol. The SMILES string of the molecule is [CH2]C(CC)(CC)OC(N)=O. The molecule has 0 aliphatic heterocycles. The number of amides is 1. The van der Waals surface area contributed by atoms with Crippen LogP contribution in [-0.2, 0) is 4.74 Å². The summed E-state index contributed by atoms with van der Waals surface area (Å²) >= 11 is 0. The van der Waals surface area contributed by atoms with E-state index in [-0.39, 0.29) is 0 Å². The summed E-state index contributed by atoms with van der Waals surface area (Å²) in [6.07, 6.45) is 0.623. The van der Waals surface area contributed by atoms with Crippen molar-refractivity contribution in [3.63, 3.8) is 0 Å². The van der Waals surface area contributed by atoms with Crippen molar-refractivity contribution in [2.75, 3.05) is 0 Å². The molecule has 0 rings (SSSR count). The standard InChI is InChI=1S/C7H14NO2/c1-4-7(3,5-2)10-6(8)9/h3-5H2,1-2H3,(H2,8,9). The molecule has 10 heavy (non-hydrogen) atoms. The Labute approximate surface area is 61.5 Å². The van der Waals surface area contributed by atoms with E-state index in [0.29, 0.717) is 12.8 Å². The summed E-state index contributed by atoms with van der Waals surface area (Å²) in [5.74, 6) is 0. The first kappa shape index (κ1) is 9.27. The van der Waals surface area contributed by atoms with E-state index in [4.69, 9.17) is 10.5 Å².